The zero-order chi connectivity index (χ0) is 36.0. The lowest BCUT2D eigenvalue weighted by Crippen LogP contribution is -2.39. The number of carbonyl (C=O) groups is 2. The highest BCUT2D eigenvalue weighted by Crippen LogP contribution is 2.33. The number of nitrogens with zero attached hydrogens (tertiary/aromatic N) is 2. The zero-order valence-electron chi connectivity index (χ0n) is 30.0. The van der Waals surface area contributed by atoms with Crippen molar-refractivity contribution in [3.8, 4) is 0 Å². The summed E-state index contributed by atoms with van der Waals surface area (Å²) in [5, 5.41) is 3.27. The lowest BCUT2D eigenvalue weighted by atomic mass is 9.87. The number of allylic oxidation sites excluding steroid dienone is 6. The summed E-state index contributed by atoms with van der Waals surface area (Å²) < 4.78 is 0. The Hall–Kier alpha value is -5.42. The van der Waals surface area contributed by atoms with Crippen molar-refractivity contribution in [3.63, 3.8) is 0 Å². The number of amides is 2. The molecular formula is C45H51N3O2. The molecule has 0 fully saturated rings. The van der Waals surface area contributed by atoms with Crippen molar-refractivity contribution in [2.75, 3.05) is 0 Å². The van der Waals surface area contributed by atoms with Crippen LogP contribution in [0.5, 0.6) is 0 Å². The molecule has 5 nitrogen and oxygen atoms in total. The Kier molecular flexibility index (Phi) is 13.3. The average Bonchev–Trinajstić information content (AvgIpc) is 3.19. The van der Waals surface area contributed by atoms with E-state index in [0.29, 0.717) is 6.04 Å². The first-order valence-electron chi connectivity index (χ1n) is 17.3. The lowest BCUT2D eigenvalue weighted by Gasteiger charge is -2.35. The maximum absolute atomic E-state index is 12.7. The quantitative estimate of drug-likeness (QED) is 0.256. The zero-order valence-corrected chi connectivity index (χ0v) is 30.0. The minimum atomic E-state index is -0.567. The molecule has 3 aromatic rings. The van der Waals surface area contributed by atoms with Crippen molar-refractivity contribution in [1.82, 2.24) is 15.1 Å². The molecule has 0 saturated carbocycles. The Labute approximate surface area is 299 Å². The molecule has 3 aromatic carbocycles. The molecular weight excluding hydrogens is 615 g/mol. The topological polar surface area (TPSA) is 52.7 Å². The third kappa shape index (κ3) is 9.82. The van der Waals surface area contributed by atoms with Crippen LogP contribution in [0.15, 0.2) is 177 Å². The third-order valence-electron chi connectivity index (χ3n) is 9.12. The molecule has 2 amide bonds. The van der Waals surface area contributed by atoms with Crippen molar-refractivity contribution in [2.45, 2.75) is 59.2 Å². The molecule has 5 heteroatoms. The van der Waals surface area contributed by atoms with Crippen molar-refractivity contribution < 1.29 is 9.59 Å². The van der Waals surface area contributed by atoms with Gasteiger partial charge in [0.2, 0.25) is 11.8 Å². The minimum Gasteiger partial charge on any atom is -0.381 e. The summed E-state index contributed by atoms with van der Waals surface area (Å²) in [4.78, 5) is 28.9. The standard InChI is InChI=1S/C17H21NO.C17H19NO.C11H11N/c2*1-4-17(2,3)16(19)18-13-9-8-12-15(18)14-10-6-5-7-11-14;1-2-6-10(7-3-1)11-8-4-5-9-12-11/h5-13,15H,4H2,1-3H3;4-13,15H,1H2,2-3H3;1-9,11-12H. The lowest BCUT2D eigenvalue weighted by molar-refractivity contribution is -0.139. The molecule has 3 unspecified atom stereocenters. The Balaban J connectivity index is 0.000000173. The Morgan fingerprint density at radius 1 is 0.640 bits per heavy atom. The first-order valence-corrected chi connectivity index (χ1v) is 17.3. The molecule has 0 saturated heterocycles. The summed E-state index contributed by atoms with van der Waals surface area (Å²) in [6.07, 6.45) is 26.3. The first-order chi connectivity index (χ1) is 24.1. The molecule has 50 heavy (non-hydrogen) atoms. The summed E-state index contributed by atoms with van der Waals surface area (Å²) >= 11 is 0. The highest BCUT2D eigenvalue weighted by Gasteiger charge is 2.34. The monoisotopic (exact) mass is 665 g/mol. The predicted molar refractivity (Wildman–Crippen MR) is 207 cm³/mol. The van der Waals surface area contributed by atoms with Gasteiger partial charge in [-0.3, -0.25) is 9.59 Å². The second-order valence-corrected chi connectivity index (χ2v) is 13.6. The van der Waals surface area contributed by atoms with Crippen LogP contribution in [0.2, 0.25) is 0 Å². The van der Waals surface area contributed by atoms with Crippen LogP contribution in [-0.2, 0) is 9.59 Å². The second kappa shape index (κ2) is 17.8. The van der Waals surface area contributed by atoms with Gasteiger partial charge < -0.3 is 15.1 Å². The van der Waals surface area contributed by atoms with E-state index in [-0.39, 0.29) is 29.3 Å². The molecule has 6 rings (SSSR count). The fourth-order valence-electron chi connectivity index (χ4n) is 5.46. The van der Waals surface area contributed by atoms with Gasteiger partial charge >= 0.3 is 0 Å². The van der Waals surface area contributed by atoms with Gasteiger partial charge in [-0.05, 0) is 61.4 Å². The van der Waals surface area contributed by atoms with Crippen LogP contribution >= 0.6 is 0 Å². The van der Waals surface area contributed by atoms with Crippen LogP contribution in [0.25, 0.3) is 0 Å². The average molecular weight is 666 g/mol. The van der Waals surface area contributed by atoms with E-state index < -0.39 is 5.41 Å². The maximum atomic E-state index is 12.7. The van der Waals surface area contributed by atoms with Crippen LogP contribution in [0, 0.1) is 10.8 Å². The van der Waals surface area contributed by atoms with Gasteiger partial charge in [0.25, 0.3) is 0 Å². The summed E-state index contributed by atoms with van der Waals surface area (Å²) in [6.45, 7) is 13.6. The van der Waals surface area contributed by atoms with E-state index in [9.17, 15) is 9.59 Å². The molecule has 0 spiro atoms. The normalized spacial score (nSPS) is 19.0. The van der Waals surface area contributed by atoms with Crippen LogP contribution in [0.3, 0.4) is 0 Å². The predicted octanol–water partition coefficient (Wildman–Crippen LogP) is 10.3. The minimum absolute atomic E-state index is 0.00419. The molecule has 3 aliphatic rings. The van der Waals surface area contributed by atoms with Gasteiger partial charge in [-0.25, -0.2) is 0 Å². The largest absolute Gasteiger partial charge is 0.381 e. The van der Waals surface area contributed by atoms with Gasteiger partial charge in [-0.15, -0.1) is 6.58 Å². The smallest absolute Gasteiger partial charge is 0.236 e. The van der Waals surface area contributed by atoms with Crippen LogP contribution in [-0.4, -0.2) is 21.6 Å². The fourth-order valence-corrected chi connectivity index (χ4v) is 5.46. The molecule has 3 aliphatic heterocycles. The van der Waals surface area contributed by atoms with E-state index in [1.165, 1.54) is 5.56 Å². The first kappa shape index (κ1) is 37.4. The molecule has 3 atom stereocenters. The van der Waals surface area contributed by atoms with Crippen molar-refractivity contribution in [1.29, 1.82) is 0 Å². The van der Waals surface area contributed by atoms with Crippen LogP contribution in [0.1, 0.15) is 75.9 Å². The Morgan fingerprint density at radius 3 is 1.50 bits per heavy atom. The highest BCUT2D eigenvalue weighted by molar-refractivity contribution is 5.85. The van der Waals surface area contributed by atoms with Crippen molar-refractivity contribution >= 4 is 11.8 Å². The highest BCUT2D eigenvalue weighted by atomic mass is 16.2. The second-order valence-electron chi connectivity index (χ2n) is 13.6. The van der Waals surface area contributed by atoms with E-state index in [1.807, 2.05) is 142 Å². The number of dihydropyridines is 1. The van der Waals surface area contributed by atoms with Gasteiger partial charge in [0.15, 0.2) is 0 Å². The van der Waals surface area contributed by atoms with Crippen LogP contribution < -0.4 is 5.32 Å². The number of nitrogens with one attached hydrogen (secondary N) is 1. The van der Waals surface area contributed by atoms with Gasteiger partial charge in [0.05, 0.1) is 23.5 Å². The number of benzene rings is 3. The van der Waals surface area contributed by atoms with E-state index in [4.69, 9.17) is 0 Å². The van der Waals surface area contributed by atoms with Gasteiger partial charge in [-0.2, -0.15) is 0 Å². The van der Waals surface area contributed by atoms with Crippen LogP contribution in [0.4, 0.5) is 0 Å². The molecule has 3 heterocycles. The van der Waals surface area contributed by atoms with Crippen molar-refractivity contribution in [3.05, 3.63) is 194 Å². The van der Waals surface area contributed by atoms with Gasteiger partial charge in [-0.1, -0.05) is 154 Å². The van der Waals surface area contributed by atoms with Gasteiger partial charge in [0.1, 0.15) is 0 Å². The van der Waals surface area contributed by atoms with Gasteiger partial charge in [0, 0.05) is 17.8 Å². The molecule has 0 aliphatic carbocycles. The Bertz CT molecular complexity index is 1730. The molecule has 258 valence electrons. The SMILES string of the molecule is C1=CNC(c2ccccc2)C=C1.C=CC(C)(C)C(=O)N1C=CC=CC1c1ccccc1.CCC(C)(C)C(=O)N1C=CC=CC1c1ccccc1. The molecule has 0 radical (unpaired) electrons. The number of hydrogen-bond donors (Lipinski definition) is 1. The molecule has 1 N–H and O–H groups in total. The number of carbonyl (C=O) groups excluding carboxylic acids is 2. The number of rotatable bonds is 7. The van der Waals surface area contributed by atoms with Crippen molar-refractivity contribution in [2.24, 2.45) is 10.8 Å². The van der Waals surface area contributed by atoms with E-state index >= 15 is 0 Å². The Morgan fingerprint density at radius 2 is 1.08 bits per heavy atom. The summed E-state index contributed by atoms with van der Waals surface area (Å²) in [5.41, 5.74) is 2.66. The summed E-state index contributed by atoms with van der Waals surface area (Å²) in [7, 11) is 0. The molecule has 0 aromatic heterocycles. The maximum Gasteiger partial charge on any atom is 0.236 e. The number of hydrogen-bond acceptors (Lipinski definition) is 3. The molecule has 0 bridgehead atoms. The third-order valence-corrected chi connectivity index (χ3v) is 9.12. The fraction of sp³-hybridized carbons (Fsp3) is 0.244. The van der Waals surface area contributed by atoms with E-state index in [0.717, 1.165) is 17.5 Å². The van der Waals surface area contributed by atoms with E-state index in [2.05, 4.69) is 73.4 Å². The summed E-state index contributed by atoms with van der Waals surface area (Å²) in [5.74, 6) is 0.224. The van der Waals surface area contributed by atoms with E-state index in [1.54, 1.807) is 11.0 Å². The summed E-state index contributed by atoms with van der Waals surface area (Å²) in [6, 6.07) is 30.9.